The van der Waals surface area contributed by atoms with Crippen LogP contribution in [0.25, 0.3) is 66.0 Å². The van der Waals surface area contributed by atoms with E-state index in [2.05, 4.69) is 220 Å². The van der Waals surface area contributed by atoms with E-state index in [1.54, 1.807) is 11.1 Å². The molecule has 0 spiro atoms. The first kappa shape index (κ1) is 44.1. The minimum absolute atomic E-state index is 0.0441. The van der Waals surface area contributed by atoms with Gasteiger partial charge < -0.3 is 9.80 Å². The first-order valence-corrected chi connectivity index (χ1v) is 26.1. The van der Waals surface area contributed by atoms with E-state index >= 15 is 0 Å². The number of rotatable bonds is 8. The summed E-state index contributed by atoms with van der Waals surface area (Å²) in [6, 6.07) is 63.0. The number of hydrogen-bond acceptors (Lipinski definition) is 2. The van der Waals surface area contributed by atoms with Gasteiger partial charge in [-0.3, -0.25) is 0 Å². The maximum absolute atomic E-state index is 2.54. The van der Waals surface area contributed by atoms with Gasteiger partial charge in [-0.15, -0.1) is 0 Å². The van der Waals surface area contributed by atoms with Crippen molar-refractivity contribution in [3.63, 3.8) is 0 Å². The highest BCUT2D eigenvalue weighted by atomic mass is 15.1. The average molecular weight is 909 g/mol. The SMILES string of the molecule is Cc1ccc(N(c2ccc(C=C3CCCCC3)cc2)c2ccc3c4cccc5c(N(c6ccc(C)cc6)c6ccc(C=C7CCCCC7)cc6)c6ccc(C(C)(C)C)cc6c(c6cccc2c36)c54)cc1. The number of benzene rings is 10. The van der Waals surface area contributed by atoms with Crippen LogP contribution in [-0.2, 0) is 5.41 Å². The van der Waals surface area contributed by atoms with Crippen molar-refractivity contribution in [3.05, 3.63) is 203 Å². The Morgan fingerprint density at radius 1 is 0.371 bits per heavy atom. The molecule has 2 heteroatoms. The Kier molecular flexibility index (Phi) is 11.3. The second kappa shape index (κ2) is 18.0. The van der Waals surface area contributed by atoms with E-state index in [1.807, 2.05) is 0 Å². The summed E-state index contributed by atoms with van der Waals surface area (Å²) in [7, 11) is 0. The molecular weight excluding hydrogens is 845 g/mol. The minimum Gasteiger partial charge on any atom is -0.310 e. The highest BCUT2D eigenvalue weighted by molar-refractivity contribution is 6.41. The first-order valence-electron chi connectivity index (χ1n) is 26.1. The number of hydrogen-bond donors (Lipinski definition) is 0. The molecule has 2 saturated carbocycles. The van der Waals surface area contributed by atoms with Gasteiger partial charge in [0.2, 0.25) is 0 Å². The topological polar surface area (TPSA) is 6.48 Å². The molecule has 0 N–H and O–H groups in total. The van der Waals surface area contributed by atoms with Crippen LogP contribution in [0.3, 0.4) is 0 Å². The lowest BCUT2D eigenvalue weighted by atomic mass is 9.82. The van der Waals surface area contributed by atoms with Crippen molar-refractivity contribution < 1.29 is 0 Å². The molecule has 2 nitrogen and oxygen atoms in total. The molecule has 10 aromatic rings. The van der Waals surface area contributed by atoms with Gasteiger partial charge in [-0.25, -0.2) is 0 Å². The van der Waals surface area contributed by atoms with E-state index in [0.717, 1.165) is 22.7 Å². The molecule has 0 atom stereocenters. The van der Waals surface area contributed by atoms with Gasteiger partial charge in [-0.2, -0.15) is 0 Å². The van der Waals surface area contributed by atoms with Gasteiger partial charge >= 0.3 is 0 Å². The minimum atomic E-state index is -0.0441. The molecule has 0 aromatic heterocycles. The van der Waals surface area contributed by atoms with Crippen molar-refractivity contribution in [3.8, 4) is 0 Å². The lowest BCUT2D eigenvalue weighted by Crippen LogP contribution is -2.13. The molecule has 0 aliphatic heterocycles. The van der Waals surface area contributed by atoms with Crippen LogP contribution in [0.15, 0.2) is 175 Å². The fourth-order valence-electron chi connectivity index (χ4n) is 11.9. The van der Waals surface area contributed by atoms with Crippen LogP contribution in [0.5, 0.6) is 0 Å². The van der Waals surface area contributed by atoms with Crippen LogP contribution in [0.2, 0.25) is 0 Å². The lowest BCUT2D eigenvalue weighted by molar-refractivity contribution is 0.591. The zero-order valence-corrected chi connectivity index (χ0v) is 41.7. The zero-order valence-electron chi connectivity index (χ0n) is 41.7. The van der Waals surface area contributed by atoms with Crippen molar-refractivity contribution in [2.45, 2.75) is 104 Å². The number of nitrogens with zero attached hydrogens (tertiary/aromatic N) is 2. The summed E-state index contributed by atoms with van der Waals surface area (Å²) >= 11 is 0. The summed E-state index contributed by atoms with van der Waals surface area (Å²) < 4.78 is 0. The highest BCUT2D eigenvalue weighted by Gasteiger charge is 2.27. The molecule has 0 radical (unpaired) electrons. The number of aryl methyl sites for hydroxylation is 2. The molecule has 2 aliphatic carbocycles. The van der Waals surface area contributed by atoms with Crippen molar-refractivity contribution in [1.82, 2.24) is 0 Å². The van der Waals surface area contributed by atoms with Gasteiger partial charge in [0.1, 0.15) is 0 Å². The molecule has 2 fully saturated rings. The Hall–Kier alpha value is -7.16. The van der Waals surface area contributed by atoms with E-state index in [1.165, 1.54) is 157 Å². The summed E-state index contributed by atoms with van der Waals surface area (Å²) in [5.41, 5.74) is 16.6. The second-order valence-electron chi connectivity index (χ2n) is 21.6. The highest BCUT2D eigenvalue weighted by Crippen LogP contribution is 2.53. The van der Waals surface area contributed by atoms with Crippen LogP contribution in [-0.4, -0.2) is 0 Å². The number of anilines is 6. The van der Waals surface area contributed by atoms with E-state index in [9.17, 15) is 0 Å². The Morgan fingerprint density at radius 3 is 1.36 bits per heavy atom. The third-order valence-electron chi connectivity index (χ3n) is 15.6. The summed E-state index contributed by atoms with van der Waals surface area (Å²) in [4.78, 5) is 5.01. The zero-order chi connectivity index (χ0) is 47.5. The molecule has 12 rings (SSSR count). The standard InChI is InChI=1S/C68H64N2/c1-45-22-31-52(32-23-45)69(53-35-26-49(27-36-53)42-47-14-8-6-9-15-47)63-41-40-57-56-18-12-21-61-65(56)66(60-20-13-19-59(63)64(57)60)62-44-51(68(3,4)5)30-39-58(62)67(61)70(54-33-24-46(2)25-34-54)55-37-28-50(29-38-55)43-48-16-10-7-11-17-48/h12-13,18-44H,6-11,14-17H2,1-5H3. The molecule has 0 amide bonds. The summed E-state index contributed by atoms with van der Waals surface area (Å²) in [5, 5.41) is 12.9. The maximum Gasteiger partial charge on any atom is 0.0619 e. The fraction of sp³-hybridized carbons (Fsp3) is 0.235. The molecule has 346 valence electrons. The maximum atomic E-state index is 2.54. The molecule has 0 bridgehead atoms. The number of fused-ring (bicyclic) bond motifs is 4. The molecule has 0 heterocycles. The van der Waals surface area contributed by atoms with Gasteiger partial charge in [0.25, 0.3) is 0 Å². The van der Waals surface area contributed by atoms with Gasteiger partial charge in [0, 0.05) is 44.3 Å². The van der Waals surface area contributed by atoms with E-state index < -0.39 is 0 Å². The Bertz CT molecular complexity index is 3600. The van der Waals surface area contributed by atoms with Crippen LogP contribution in [0.4, 0.5) is 34.1 Å². The normalized spacial score (nSPS) is 14.6. The molecule has 2 aliphatic rings. The van der Waals surface area contributed by atoms with Gasteiger partial charge in [0.05, 0.1) is 11.4 Å². The Morgan fingerprint density at radius 2 is 0.814 bits per heavy atom. The van der Waals surface area contributed by atoms with Crippen LogP contribution >= 0.6 is 0 Å². The summed E-state index contributed by atoms with van der Waals surface area (Å²) in [6.45, 7) is 11.4. The predicted molar refractivity (Wildman–Crippen MR) is 305 cm³/mol. The quantitative estimate of drug-likeness (QED) is 0.111. The van der Waals surface area contributed by atoms with E-state index in [0.29, 0.717) is 0 Å². The smallest absolute Gasteiger partial charge is 0.0619 e. The third-order valence-corrected chi connectivity index (χ3v) is 15.6. The van der Waals surface area contributed by atoms with E-state index in [4.69, 9.17) is 0 Å². The average Bonchev–Trinajstić information content (AvgIpc) is 3.38. The van der Waals surface area contributed by atoms with Crippen LogP contribution in [0.1, 0.15) is 113 Å². The van der Waals surface area contributed by atoms with Crippen molar-refractivity contribution in [2.75, 3.05) is 9.80 Å². The Labute approximate surface area is 414 Å². The van der Waals surface area contributed by atoms with Gasteiger partial charge in [-0.1, -0.05) is 171 Å². The number of allylic oxidation sites excluding steroid dienone is 2. The molecule has 0 saturated heterocycles. The van der Waals surface area contributed by atoms with Crippen LogP contribution < -0.4 is 9.80 Å². The molecule has 0 unspecified atom stereocenters. The first-order chi connectivity index (χ1) is 34.2. The van der Waals surface area contributed by atoms with Gasteiger partial charge in [0.15, 0.2) is 0 Å². The monoisotopic (exact) mass is 909 g/mol. The largest absolute Gasteiger partial charge is 0.310 e. The molecule has 70 heavy (non-hydrogen) atoms. The Balaban J connectivity index is 1.11. The van der Waals surface area contributed by atoms with Crippen molar-refractivity contribution in [1.29, 1.82) is 0 Å². The fourth-order valence-corrected chi connectivity index (χ4v) is 11.9. The van der Waals surface area contributed by atoms with Crippen LogP contribution in [0, 0.1) is 13.8 Å². The van der Waals surface area contributed by atoms with Crippen molar-refractivity contribution in [2.24, 2.45) is 0 Å². The predicted octanol–water partition coefficient (Wildman–Crippen LogP) is 20.4. The molecular formula is C68H64N2. The third kappa shape index (κ3) is 8.02. The van der Waals surface area contributed by atoms with Gasteiger partial charge in [-0.05, 0) is 180 Å². The summed E-state index contributed by atoms with van der Waals surface area (Å²) in [6.07, 6.45) is 17.7. The van der Waals surface area contributed by atoms with Crippen molar-refractivity contribution >= 4 is 100 Å². The molecule has 10 aromatic carbocycles. The van der Waals surface area contributed by atoms with E-state index in [-0.39, 0.29) is 5.41 Å². The lowest BCUT2D eigenvalue weighted by Gasteiger charge is -2.31. The second-order valence-corrected chi connectivity index (χ2v) is 21.6. The summed E-state index contributed by atoms with van der Waals surface area (Å²) in [5.74, 6) is 0.